The maximum atomic E-state index is 13.3. The van der Waals surface area contributed by atoms with Gasteiger partial charge in [-0.1, -0.05) is 38.0 Å². The smallest absolute Gasteiger partial charge is 0.295 e. The zero-order valence-electron chi connectivity index (χ0n) is 20.5. The van der Waals surface area contributed by atoms with Crippen LogP contribution in [0, 0.1) is 0 Å². The van der Waals surface area contributed by atoms with Crippen molar-refractivity contribution in [3.63, 3.8) is 0 Å². The molecule has 1 amide bonds. The number of amides is 1. The molecule has 1 saturated heterocycles. The number of hydrogen-bond donors (Lipinski definition) is 1. The zero-order valence-corrected chi connectivity index (χ0v) is 20.5. The minimum Gasteiger partial charge on any atom is -0.507 e. The fraction of sp³-hybridized carbons (Fsp3) is 0.276. The highest BCUT2D eigenvalue weighted by Gasteiger charge is 2.47. The monoisotopic (exact) mass is 486 g/mol. The summed E-state index contributed by atoms with van der Waals surface area (Å²) < 4.78 is 11.3. The molecule has 2 heterocycles. The number of nitrogens with zero attached hydrogens (tertiary/aromatic N) is 2. The van der Waals surface area contributed by atoms with Gasteiger partial charge in [0.05, 0.1) is 25.3 Å². The molecule has 1 N–H and O–H groups in total. The third-order valence-electron chi connectivity index (χ3n) is 6.22. The highest BCUT2D eigenvalue weighted by Crippen LogP contribution is 2.43. The summed E-state index contributed by atoms with van der Waals surface area (Å²) in [5.41, 5.74) is 1.88. The van der Waals surface area contributed by atoms with Crippen LogP contribution in [0.25, 0.3) is 5.76 Å². The number of pyridine rings is 1. The molecule has 0 saturated carbocycles. The van der Waals surface area contributed by atoms with Gasteiger partial charge in [0.1, 0.15) is 17.3 Å². The van der Waals surface area contributed by atoms with Gasteiger partial charge in [-0.05, 0) is 54.4 Å². The van der Waals surface area contributed by atoms with Crippen LogP contribution in [0.15, 0.2) is 78.6 Å². The molecule has 1 aliphatic rings. The van der Waals surface area contributed by atoms with Crippen molar-refractivity contribution in [2.75, 3.05) is 13.7 Å². The van der Waals surface area contributed by atoms with Crippen LogP contribution in [0.3, 0.4) is 0 Å². The Morgan fingerprint density at radius 2 is 1.72 bits per heavy atom. The summed E-state index contributed by atoms with van der Waals surface area (Å²) in [6.45, 7) is 2.93. The van der Waals surface area contributed by atoms with Crippen molar-refractivity contribution in [1.82, 2.24) is 9.88 Å². The molecule has 3 aromatic rings. The van der Waals surface area contributed by atoms with E-state index in [4.69, 9.17) is 9.47 Å². The molecular weight excluding hydrogens is 456 g/mol. The van der Waals surface area contributed by atoms with E-state index in [1.807, 2.05) is 12.1 Å². The lowest BCUT2D eigenvalue weighted by molar-refractivity contribution is -0.140. The predicted molar refractivity (Wildman–Crippen MR) is 137 cm³/mol. The topological polar surface area (TPSA) is 89.0 Å². The number of unbranched alkanes of at least 4 members (excludes halogenated alkanes) is 2. The summed E-state index contributed by atoms with van der Waals surface area (Å²) in [7, 11) is 1.53. The SMILES string of the molecule is CCCCCOc1ccc(/C(O)=C2/C(=O)C(=O)N(Cc3ccncc3)C2c2ccccc2OC)cc1. The first kappa shape index (κ1) is 25.0. The fourth-order valence-electron chi connectivity index (χ4n) is 4.35. The summed E-state index contributed by atoms with van der Waals surface area (Å²) in [4.78, 5) is 32.0. The fourth-order valence-corrected chi connectivity index (χ4v) is 4.35. The summed E-state index contributed by atoms with van der Waals surface area (Å²) >= 11 is 0. The molecule has 4 rings (SSSR count). The Hall–Kier alpha value is -4.13. The third-order valence-corrected chi connectivity index (χ3v) is 6.22. The lowest BCUT2D eigenvalue weighted by Crippen LogP contribution is -2.29. The number of carbonyl (C=O) groups is 2. The highest BCUT2D eigenvalue weighted by molar-refractivity contribution is 6.46. The third kappa shape index (κ3) is 5.25. The largest absolute Gasteiger partial charge is 0.507 e. The second kappa shape index (κ2) is 11.5. The van der Waals surface area contributed by atoms with Crippen molar-refractivity contribution in [2.24, 2.45) is 0 Å². The van der Waals surface area contributed by atoms with E-state index in [-0.39, 0.29) is 17.9 Å². The number of hydrogen-bond acceptors (Lipinski definition) is 6. The molecule has 0 bridgehead atoms. The van der Waals surface area contributed by atoms with Crippen molar-refractivity contribution in [3.8, 4) is 11.5 Å². The number of benzene rings is 2. The molecule has 1 aromatic heterocycles. The second-order valence-corrected chi connectivity index (χ2v) is 8.60. The summed E-state index contributed by atoms with van der Waals surface area (Å²) in [5, 5.41) is 11.3. The van der Waals surface area contributed by atoms with Crippen molar-refractivity contribution >= 4 is 17.4 Å². The van der Waals surface area contributed by atoms with Gasteiger partial charge in [0.25, 0.3) is 11.7 Å². The van der Waals surface area contributed by atoms with E-state index >= 15 is 0 Å². The summed E-state index contributed by atoms with van der Waals surface area (Å²) in [6, 6.07) is 16.9. The molecule has 1 aliphatic heterocycles. The lowest BCUT2D eigenvalue weighted by Gasteiger charge is -2.26. The van der Waals surface area contributed by atoms with Gasteiger partial charge in [0.2, 0.25) is 0 Å². The second-order valence-electron chi connectivity index (χ2n) is 8.60. The van der Waals surface area contributed by atoms with E-state index in [0.29, 0.717) is 29.2 Å². The minimum absolute atomic E-state index is 0.0233. The summed E-state index contributed by atoms with van der Waals surface area (Å²) in [5.74, 6) is -0.454. The number of rotatable bonds is 10. The van der Waals surface area contributed by atoms with Crippen LogP contribution in [-0.2, 0) is 16.1 Å². The predicted octanol–water partition coefficient (Wildman–Crippen LogP) is 5.28. The molecule has 0 radical (unpaired) electrons. The van der Waals surface area contributed by atoms with E-state index in [0.717, 1.165) is 24.8 Å². The minimum atomic E-state index is -0.820. The average Bonchev–Trinajstić information content (AvgIpc) is 3.16. The highest BCUT2D eigenvalue weighted by atomic mass is 16.5. The first-order valence-corrected chi connectivity index (χ1v) is 12.1. The zero-order chi connectivity index (χ0) is 25.5. The van der Waals surface area contributed by atoms with Crippen molar-refractivity contribution in [2.45, 2.75) is 38.8 Å². The van der Waals surface area contributed by atoms with Gasteiger partial charge in [-0.3, -0.25) is 14.6 Å². The molecular formula is C29H30N2O5. The van der Waals surface area contributed by atoms with E-state index in [1.165, 1.54) is 12.0 Å². The number of aliphatic hydroxyl groups is 1. The molecule has 186 valence electrons. The van der Waals surface area contributed by atoms with Gasteiger partial charge in [-0.2, -0.15) is 0 Å². The number of likely N-dealkylation sites (tertiary alicyclic amines) is 1. The van der Waals surface area contributed by atoms with Crippen molar-refractivity contribution in [3.05, 3.63) is 95.3 Å². The Balaban J connectivity index is 1.73. The number of ketones is 1. The molecule has 1 unspecified atom stereocenters. The van der Waals surface area contributed by atoms with Crippen molar-refractivity contribution in [1.29, 1.82) is 0 Å². The summed E-state index contributed by atoms with van der Waals surface area (Å²) in [6.07, 6.45) is 6.45. The van der Waals surface area contributed by atoms with Gasteiger partial charge >= 0.3 is 0 Å². The molecule has 0 spiro atoms. The first-order chi connectivity index (χ1) is 17.5. The first-order valence-electron chi connectivity index (χ1n) is 12.1. The molecule has 1 atom stereocenters. The quantitative estimate of drug-likeness (QED) is 0.182. The Kier molecular flexibility index (Phi) is 8.00. The van der Waals surface area contributed by atoms with Crippen LogP contribution >= 0.6 is 0 Å². The van der Waals surface area contributed by atoms with Crippen LogP contribution in [0.2, 0.25) is 0 Å². The van der Waals surface area contributed by atoms with Crippen LogP contribution in [0.1, 0.15) is 48.9 Å². The van der Waals surface area contributed by atoms with Gasteiger partial charge in [0.15, 0.2) is 0 Å². The van der Waals surface area contributed by atoms with Gasteiger partial charge in [-0.25, -0.2) is 0 Å². The Labute approximate surface area is 211 Å². The van der Waals surface area contributed by atoms with Crippen molar-refractivity contribution < 1.29 is 24.2 Å². The van der Waals surface area contributed by atoms with Crippen LogP contribution in [-0.4, -0.2) is 40.4 Å². The van der Waals surface area contributed by atoms with Crippen LogP contribution < -0.4 is 9.47 Å². The molecule has 0 aliphatic carbocycles. The molecule has 2 aromatic carbocycles. The average molecular weight is 487 g/mol. The number of Topliss-reactive ketones (excluding diaryl/α,β-unsaturated/α-hetero) is 1. The Bertz CT molecular complexity index is 1240. The van der Waals surface area contributed by atoms with E-state index in [1.54, 1.807) is 60.9 Å². The maximum Gasteiger partial charge on any atom is 0.295 e. The van der Waals surface area contributed by atoms with E-state index < -0.39 is 17.7 Å². The van der Waals surface area contributed by atoms with Gasteiger partial charge in [-0.15, -0.1) is 0 Å². The lowest BCUT2D eigenvalue weighted by atomic mass is 9.94. The molecule has 1 fully saturated rings. The molecule has 7 heteroatoms. The Morgan fingerprint density at radius 1 is 1.00 bits per heavy atom. The maximum absolute atomic E-state index is 13.3. The standard InChI is InChI=1S/C29H30N2O5/c1-3-4-7-18-36-22-12-10-21(11-13-22)27(32)25-26(23-8-5-6-9-24(23)35-2)31(29(34)28(25)33)19-20-14-16-30-17-15-20/h5-6,8-17,26,32H,3-4,7,18-19H2,1-2H3/b27-25-. The van der Waals surface area contributed by atoms with Gasteiger partial charge < -0.3 is 19.5 Å². The number of ether oxygens (including phenoxy) is 2. The van der Waals surface area contributed by atoms with Crippen LogP contribution in [0.5, 0.6) is 11.5 Å². The number of aliphatic hydroxyl groups excluding tert-OH is 1. The number of carbonyl (C=O) groups excluding carboxylic acids is 2. The number of methoxy groups -OCH3 is 1. The Morgan fingerprint density at radius 3 is 2.42 bits per heavy atom. The number of para-hydroxylation sites is 1. The van der Waals surface area contributed by atoms with Gasteiger partial charge in [0, 0.05) is 30.1 Å². The van der Waals surface area contributed by atoms with E-state index in [2.05, 4.69) is 11.9 Å². The molecule has 36 heavy (non-hydrogen) atoms. The van der Waals surface area contributed by atoms with Crippen LogP contribution in [0.4, 0.5) is 0 Å². The normalized spacial score (nSPS) is 16.8. The number of aromatic nitrogens is 1. The van der Waals surface area contributed by atoms with E-state index in [9.17, 15) is 14.7 Å². The molecule has 7 nitrogen and oxygen atoms in total.